The van der Waals surface area contributed by atoms with E-state index < -0.39 is 0 Å². The Morgan fingerprint density at radius 2 is 2.00 bits per heavy atom. The molecule has 0 fully saturated rings. The SMILES string of the molecule is O=C(Nc1cc(Br)ccn1)c1ccnc(Cl)c1. The van der Waals surface area contributed by atoms with Crippen LogP contribution in [0.3, 0.4) is 0 Å². The second kappa shape index (κ2) is 5.25. The van der Waals surface area contributed by atoms with Crippen molar-refractivity contribution in [3.8, 4) is 0 Å². The zero-order valence-electron chi connectivity index (χ0n) is 8.52. The highest BCUT2D eigenvalue weighted by Crippen LogP contribution is 2.14. The van der Waals surface area contributed by atoms with Crippen LogP contribution in [0.15, 0.2) is 41.1 Å². The molecular weight excluding hydrogens is 305 g/mol. The average molecular weight is 313 g/mol. The Hall–Kier alpha value is -1.46. The van der Waals surface area contributed by atoms with Crippen molar-refractivity contribution >= 4 is 39.3 Å². The lowest BCUT2D eigenvalue weighted by molar-refractivity contribution is 0.102. The van der Waals surface area contributed by atoms with Gasteiger partial charge in [-0.3, -0.25) is 4.79 Å². The molecular formula is C11H7BrClN3O. The quantitative estimate of drug-likeness (QED) is 0.867. The lowest BCUT2D eigenvalue weighted by Gasteiger charge is -2.04. The van der Waals surface area contributed by atoms with Crippen LogP contribution in [0.1, 0.15) is 10.4 Å². The van der Waals surface area contributed by atoms with Gasteiger partial charge in [0.05, 0.1) is 0 Å². The molecule has 2 rings (SSSR count). The maximum absolute atomic E-state index is 11.8. The number of hydrogen-bond acceptors (Lipinski definition) is 3. The second-order valence-electron chi connectivity index (χ2n) is 3.18. The monoisotopic (exact) mass is 311 g/mol. The van der Waals surface area contributed by atoms with E-state index >= 15 is 0 Å². The molecule has 1 amide bonds. The summed E-state index contributed by atoms with van der Waals surface area (Å²) in [6.07, 6.45) is 3.07. The lowest BCUT2D eigenvalue weighted by atomic mass is 10.2. The first-order chi connectivity index (χ1) is 8.15. The Balaban J connectivity index is 2.17. The molecule has 2 aromatic rings. The van der Waals surface area contributed by atoms with Crippen molar-refractivity contribution in [3.05, 3.63) is 51.8 Å². The maximum Gasteiger partial charge on any atom is 0.256 e. The predicted molar refractivity (Wildman–Crippen MR) is 69.1 cm³/mol. The van der Waals surface area contributed by atoms with Crippen LogP contribution in [0.4, 0.5) is 5.82 Å². The summed E-state index contributed by atoms with van der Waals surface area (Å²) in [5.41, 5.74) is 0.437. The van der Waals surface area contributed by atoms with Crippen LogP contribution < -0.4 is 5.32 Å². The molecule has 0 aliphatic carbocycles. The molecule has 17 heavy (non-hydrogen) atoms. The van der Waals surface area contributed by atoms with E-state index in [9.17, 15) is 4.79 Å². The summed E-state index contributed by atoms with van der Waals surface area (Å²) < 4.78 is 0.843. The highest BCUT2D eigenvalue weighted by Gasteiger charge is 2.07. The van der Waals surface area contributed by atoms with Crippen molar-refractivity contribution in [2.24, 2.45) is 0 Å². The summed E-state index contributed by atoms with van der Waals surface area (Å²) in [4.78, 5) is 19.6. The first-order valence-corrected chi connectivity index (χ1v) is 5.87. The molecule has 0 unspecified atom stereocenters. The number of aromatic nitrogens is 2. The third-order valence-electron chi connectivity index (χ3n) is 1.95. The number of anilines is 1. The fourth-order valence-electron chi connectivity index (χ4n) is 1.21. The number of rotatable bonds is 2. The van der Waals surface area contributed by atoms with E-state index in [1.54, 1.807) is 24.4 Å². The van der Waals surface area contributed by atoms with E-state index in [0.29, 0.717) is 11.4 Å². The van der Waals surface area contributed by atoms with E-state index in [4.69, 9.17) is 11.6 Å². The van der Waals surface area contributed by atoms with E-state index in [2.05, 4.69) is 31.2 Å². The normalized spacial score (nSPS) is 10.0. The van der Waals surface area contributed by atoms with E-state index in [-0.39, 0.29) is 11.1 Å². The van der Waals surface area contributed by atoms with Gasteiger partial charge in [0.15, 0.2) is 0 Å². The third kappa shape index (κ3) is 3.25. The Labute approximate surface area is 111 Å². The second-order valence-corrected chi connectivity index (χ2v) is 4.48. The van der Waals surface area contributed by atoms with Gasteiger partial charge in [-0.25, -0.2) is 9.97 Å². The van der Waals surface area contributed by atoms with E-state index in [1.165, 1.54) is 12.3 Å². The minimum Gasteiger partial charge on any atom is -0.307 e. The first-order valence-electron chi connectivity index (χ1n) is 4.69. The fraction of sp³-hybridized carbons (Fsp3) is 0. The summed E-state index contributed by atoms with van der Waals surface area (Å²) in [5.74, 6) is 0.192. The predicted octanol–water partition coefficient (Wildman–Crippen LogP) is 3.14. The van der Waals surface area contributed by atoms with Gasteiger partial charge in [0.2, 0.25) is 0 Å². The van der Waals surface area contributed by atoms with Crippen molar-refractivity contribution in [3.63, 3.8) is 0 Å². The Morgan fingerprint density at radius 1 is 1.24 bits per heavy atom. The van der Waals surface area contributed by atoms with E-state index in [1.807, 2.05) is 0 Å². The number of nitrogens with zero attached hydrogens (tertiary/aromatic N) is 2. The zero-order chi connectivity index (χ0) is 12.3. The third-order valence-corrected chi connectivity index (χ3v) is 2.65. The summed E-state index contributed by atoms with van der Waals surface area (Å²) in [6.45, 7) is 0. The molecule has 1 N–H and O–H groups in total. The first kappa shape index (κ1) is 12.0. The van der Waals surface area contributed by atoms with Crippen molar-refractivity contribution in [1.82, 2.24) is 9.97 Å². The van der Waals surface area contributed by atoms with Crippen LogP contribution in [0, 0.1) is 0 Å². The molecule has 0 aromatic carbocycles. The number of hydrogen-bond donors (Lipinski definition) is 1. The van der Waals surface area contributed by atoms with E-state index in [0.717, 1.165) is 4.47 Å². The minimum atomic E-state index is -0.278. The molecule has 86 valence electrons. The molecule has 0 spiro atoms. The number of halogens is 2. The summed E-state index contributed by atoms with van der Waals surface area (Å²) >= 11 is 9.00. The lowest BCUT2D eigenvalue weighted by Crippen LogP contribution is -2.12. The number of pyridine rings is 2. The van der Waals surface area contributed by atoms with Crippen LogP contribution in [0.5, 0.6) is 0 Å². The van der Waals surface area contributed by atoms with Gasteiger partial charge >= 0.3 is 0 Å². The standard InChI is InChI=1S/C11H7BrClN3O/c12-8-2-4-15-10(6-8)16-11(17)7-1-3-14-9(13)5-7/h1-6H,(H,15,16,17). The van der Waals surface area contributed by atoms with Crippen LogP contribution in [-0.2, 0) is 0 Å². The number of amides is 1. The molecule has 0 aliphatic rings. The molecule has 0 saturated carbocycles. The van der Waals surface area contributed by atoms with Gasteiger partial charge in [-0.1, -0.05) is 27.5 Å². The summed E-state index contributed by atoms with van der Waals surface area (Å²) in [6, 6.07) is 6.56. The van der Waals surface area contributed by atoms with Gasteiger partial charge in [0.1, 0.15) is 11.0 Å². The topological polar surface area (TPSA) is 54.9 Å². The molecule has 0 radical (unpaired) electrons. The van der Waals surface area contributed by atoms with Crippen LogP contribution in [0.25, 0.3) is 0 Å². The molecule has 0 bridgehead atoms. The van der Waals surface area contributed by atoms with Gasteiger partial charge in [0.25, 0.3) is 5.91 Å². The average Bonchev–Trinajstić information content (AvgIpc) is 2.29. The Bertz CT molecular complexity index is 562. The molecule has 0 atom stereocenters. The Kier molecular flexibility index (Phi) is 3.71. The van der Waals surface area contributed by atoms with Crippen LogP contribution >= 0.6 is 27.5 Å². The largest absolute Gasteiger partial charge is 0.307 e. The number of nitrogens with one attached hydrogen (secondary N) is 1. The minimum absolute atomic E-state index is 0.278. The fourth-order valence-corrected chi connectivity index (χ4v) is 1.71. The number of carbonyl (C=O) groups excluding carboxylic acids is 1. The maximum atomic E-state index is 11.8. The number of carbonyl (C=O) groups is 1. The molecule has 2 heterocycles. The van der Waals surface area contributed by atoms with Gasteiger partial charge in [0, 0.05) is 22.4 Å². The zero-order valence-corrected chi connectivity index (χ0v) is 10.9. The van der Waals surface area contributed by atoms with Gasteiger partial charge < -0.3 is 5.32 Å². The smallest absolute Gasteiger partial charge is 0.256 e. The molecule has 2 aromatic heterocycles. The highest BCUT2D eigenvalue weighted by molar-refractivity contribution is 9.10. The molecule has 4 nitrogen and oxygen atoms in total. The van der Waals surface area contributed by atoms with Gasteiger partial charge in [-0.05, 0) is 24.3 Å². The Morgan fingerprint density at radius 3 is 2.71 bits per heavy atom. The van der Waals surface area contributed by atoms with Crippen molar-refractivity contribution in [2.45, 2.75) is 0 Å². The van der Waals surface area contributed by atoms with Gasteiger partial charge in [-0.2, -0.15) is 0 Å². The molecule has 0 saturated heterocycles. The van der Waals surface area contributed by atoms with Crippen molar-refractivity contribution in [1.29, 1.82) is 0 Å². The van der Waals surface area contributed by atoms with Crippen molar-refractivity contribution < 1.29 is 4.79 Å². The summed E-state index contributed by atoms with van der Waals surface area (Å²) in [5, 5.41) is 2.94. The van der Waals surface area contributed by atoms with Crippen LogP contribution in [-0.4, -0.2) is 15.9 Å². The highest BCUT2D eigenvalue weighted by atomic mass is 79.9. The van der Waals surface area contributed by atoms with Gasteiger partial charge in [-0.15, -0.1) is 0 Å². The van der Waals surface area contributed by atoms with Crippen LogP contribution in [0.2, 0.25) is 5.15 Å². The molecule has 6 heteroatoms. The molecule has 0 aliphatic heterocycles. The summed E-state index contributed by atoms with van der Waals surface area (Å²) in [7, 11) is 0. The van der Waals surface area contributed by atoms with Crippen molar-refractivity contribution in [2.75, 3.05) is 5.32 Å².